The van der Waals surface area contributed by atoms with E-state index in [2.05, 4.69) is 95.7 Å². The highest BCUT2D eigenvalue weighted by Crippen LogP contribution is 2.30. The number of likely N-dealkylation sites (tertiary alicyclic amines) is 5. The van der Waals surface area contributed by atoms with E-state index in [1.54, 1.807) is 27.7 Å². The van der Waals surface area contributed by atoms with Crippen LogP contribution in [0.5, 0.6) is 0 Å². The van der Waals surface area contributed by atoms with Gasteiger partial charge in [-0.25, -0.2) is 4.79 Å². The zero-order valence-corrected chi connectivity index (χ0v) is 85.6. The molecular formula is C90H162N40O19. The van der Waals surface area contributed by atoms with Crippen molar-refractivity contribution in [3.05, 3.63) is 0 Å². The van der Waals surface area contributed by atoms with Crippen molar-refractivity contribution in [3.8, 4) is 0 Å². The Hall–Kier alpha value is -14.9. The lowest BCUT2D eigenvalue weighted by Crippen LogP contribution is -2.61. The van der Waals surface area contributed by atoms with Crippen LogP contribution in [0.3, 0.4) is 0 Å². The molecule has 0 aromatic carbocycles. The van der Waals surface area contributed by atoms with Gasteiger partial charge in [0, 0.05) is 91.5 Å². The normalized spacial score (nSPS) is 18.6. The van der Waals surface area contributed by atoms with Crippen molar-refractivity contribution in [2.75, 3.05) is 85.1 Å². The van der Waals surface area contributed by atoms with Gasteiger partial charge in [-0.3, -0.25) is 120 Å². The summed E-state index contributed by atoms with van der Waals surface area (Å²) < 4.78 is 0. The van der Waals surface area contributed by atoms with Crippen molar-refractivity contribution in [2.24, 2.45) is 63.4 Å². The van der Waals surface area contributed by atoms with E-state index in [1.165, 1.54) is 24.5 Å². The number of hydrogen-bond acceptors (Lipinski definition) is 26. The minimum absolute atomic E-state index is 0.00917. The van der Waals surface area contributed by atoms with E-state index in [9.17, 15) is 58.2 Å². The summed E-state index contributed by atoms with van der Waals surface area (Å²) in [5, 5.41) is 129. The second-order valence-electron chi connectivity index (χ2n) is 38.2. The fourth-order valence-corrected chi connectivity index (χ4v) is 18.3. The Morgan fingerprint density at radius 3 is 0.866 bits per heavy atom. The first kappa shape index (κ1) is 125. The standard InChI is InChI=1S/C90H162N40O19/c1-5-49(4)66(125-70(136)52(21-8-36-110-85(96)97)116-67(133)50(91)19-6-34-108-83(92)93)76(142)122-57(25-12-40-114-89(104)105)79(145)127-43-15-28-61(127)74(140)121-56(24-11-39-113-88(102)103)80(146)130-46-18-31-64(130)81(147)129-45-17-30-63(129)72(138)118-51(20-7-35-109-84(94)95)68(134)124-59(47-48(2)3)71(137)117-53(32-33-65(131)132)69(135)119-54(22-9-37-111-86(98)99)77(143)126-42-14-27-60(126)73(139)120-55(23-10-38-112-87(100)101)78(144)128-44-16-29-62(128)75(141)123-58(82(148)149)26-13-41-115-90(106)107/h48-64,66H,5-47,91H2,1-4H3,(H,116,133)(H,117,137)(H,118,138)(H,119,135)(H,120,139)(H,121,140)(H,122,142)(H,123,141)(H,124,134)(H,125,136)(H,131,132)(H,148,149)(H4,92,93,108)(H4,94,95,109)(H4,96,97,110)(H4,98,99,111)(H4,100,101,112)(H4,102,103,113)(H4,104,105,114)(H4,106,107,115)/t49-,50-,51-,52-,53-,54-,55-,56-,57-,58-,59-,60-,61-,62-,63-,64-,66-/m0/s1. The van der Waals surface area contributed by atoms with Gasteiger partial charge in [0.2, 0.25) is 88.6 Å². The molecule has 149 heavy (non-hydrogen) atoms. The number of carboxylic acid groups (broad SMARTS) is 2. The van der Waals surface area contributed by atoms with Crippen LogP contribution in [0.2, 0.25) is 0 Å². The summed E-state index contributed by atoms with van der Waals surface area (Å²) in [5.41, 5.74) is 50.5. The third-order valence-electron chi connectivity index (χ3n) is 26.2. The molecule has 0 spiro atoms. The van der Waals surface area contributed by atoms with Gasteiger partial charge in [-0.1, -0.05) is 34.1 Å². The van der Waals surface area contributed by atoms with Gasteiger partial charge in [-0.15, -0.1) is 0 Å². The summed E-state index contributed by atoms with van der Waals surface area (Å²) in [6.45, 7) is 7.39. The molecule has 15 amide bonds. The molecule has 5 saturated heterocycles. The number of nitrogens with two attached hydrogens (primary N) is 9. The number of nitrogens with one attached hydrogen (secondary N) is 26. The summed E-state index contributed by atoms with van der Waals surface area (Å²) in [6.07, 6.45) is 0.984. The van der Waals surface area contributed by atoms with E-state index < -0.39 is 240 Å². The lowest BCUT2D eigenvalue weighted by molar-refractivity contribution is -0.148. The molecule has 0 unspecified atom stereocenters. The number of hydrogen-bond donors (Lipinski definition) is 37. The maximum Gasteiger partial charge on any atom is 0.326 e. The van der Waals surface area contributed by atoms with Crippen molar-refractivity contribution in [1.82, 2.24) is 120 Å². The largest absolute Gasteiger partial charge is 0.481 e. The van der Waals surface area contributed by atoms with Gasteiger partial charge in [-0.2, -0.15) is 0 Å². The number of carbonyl (C=O) groups is 17. The van der Waals surface area contributed by atoms with Crippen molar-refractivity contribution in [2.45, 2.75) is 317 Å². The Balaban J connectivity index is 1.39. The molecule has 0 radical (unpaired) electrons. The Labute approximate surface area is 865 Å². The topological polar surface area (TPSA) is 988 Å². The van der Waals surface area contributed by atoms with E-state index in [0.29, 0.717) is 19.3 Å². The van der Waals surface area contributed by atoms with Crippen LogP contribution in [0.1, 0.15) is 220 Å². The number of carboxylic acids is 2. The van der Waals surface area contributed by atoms with Crippen molar-refractivity contribution >= 4 is 148 Å². The quantitative estimate of drug-likeness (QED) is 0.0153. The van der Waals surface area contributed by atoms with Crippen LogP contribution in [-0.4, -0.2) is 365 Å². The molecule has 5 rings (SSSR count). The molecular weight excluding hydrogens is 1950 g/mol. The molecule has 5 aliphatic heterocycles. The van der Waals surface area contributed by atoms with Crippen LogP contribution in [-0.2, 0) is 81.5 Å². The maximum atomic E-state index is 15.4. The molecule has 0 bridgehead atoms. The van der Waals surface area contributed by atoms with E-state index in [0.717, 1.165) is 0 Å². The van der Waals surface area contributed by atoms with Gasteiger partial charge in [0.25, 0.3) is 0 Å². The fraction of sp³-hybridized carbons (Fsp3) is 0.722. The molecule has 17 atom stereocenters. The molecule has 46 N–H and O–H groups in total. The highest BCUT2D eigenvalue weighted by atomic mass is 16.4. The number of amides is 15. The highest BCUT2D eigenvalue weighted by molar-refractivity contribution is 6.02. The maximum absolute atomic E-state index is 15.4. The first-order valence-electron chi connectivity index (χ1n) is 51.0. The number of carbonyl (C=O) groups excluding carboxylic acids is 15. The molecule has 0 aliphatic carbocycles. The Bertz CT molecular complexity index is 4650. The van der Waals surface area contributed by atoms with Crippen LogP contribution in [0.4, 0.5) is 0 Å². The Morgan fingerprint density at radius 2 is 0.537 bits per heavy atom. The molecule has 0 aromatic heterocycles. The molecule has 0 saturated carbocycles. The first-order chi connectivity index (χ1) is 70.5. The molecule has 0 aromatic rings. The smallest absolute Gasteiger partial charge is 0.326 e. The van der Waals surface area contributed by atoms with Gasteiger partial charge >= 0.3 is 11.9 Å². The number of nitrogens with zero attached hydrogens (tertiary/aromatic N) is 5. The van der Waals surface area contributed by atoms with E-state index in [4.69, 9.17) is 94.9 Å². The molecule has 59 heteroatoms. The summed E-state index contributed by atoms with van der Waals surface area (Å²) >= 11 is 0. The summed E-state index contributed by atoms with van der Waals surface area (Å²) in [5.74, 6) is -19.0. The number of guanidine groups is 8. The zero-order chi connectivity index (χ0) is 111. The van der Waals surface area contributed by atoms with E-state index >= 15 is 33.6 Å². The third-order valence-corrected chi connectivity index (χ3v) is 26.2. The second kappa shape index (κ2) is 64.3. The zero-order valence-electron chi connectivity index (χ0n) is 85.6. The predicted molar refractivity (Wildman–Crippen MR) is 548 cm³/mol. The lowest BCUT2D eigenvalue weighted by Gasteiger charge is -2.34. The predicted octanol–water partition coefficient (Wildman–Crippen LogP) is -9.74. The molecule has 5 heterocycles. The van der Waals surface area contributed by atoms with Crippen LogP contribution >= 0.6 is 0 Å². The summed E-state index contributed by atoms with van der Waals surface area (Å²) in [7, 11) is 0. The molecule has 5 fully saturated rings. The minimum Gasteiger partial charge on any atom is -0.481 e. The highest BCUT2D eigenvalue weighted by Gasteiger charge is 2.49. The average Bonchev–Trinajstić information content (AvgIpc) is 1.66. The monoisotopic (exact) mass is 2110 g/mol. The number of aliphatic carboxylic acids is 2. The van der Waals surface area contributed by atoms with Gasteiger partial charge in [0.15, 0.2) is 47.7 Å². The third kappa shape index (κ3) is 43.2. The Kier molecular flexibility index (Phi) is 53.7. The molecule has 59 nitrogen and oxygen atoms in total. The van der Waals surface area contributed by atoms with E-state index in [1.807, 2.05) is 0 Å². The van der Waals surface area contributed by atoms with Gasteiger partial charge < -0.3 is 182 Å². The lowest BCUT2D eigenvalue weighted by atomic mass is 9.96. The second-order valence-corrected chi connectivity index (χ2v) is 38.2. The minimum atomic E-state index is -1.77. The SMILES string of the molecule is CC[C@H](C)[C@H](NC(=O)[C@H](CCCNC(=N)N)NC(=O)[C@@H](N)CCCNC(=N)N)C(=O)N[C@@H](CCCNC(=N)N)C(=O)N1CCC[C@H]1C(=O)N[C@@H](CCCNC(=N)N)C(=O)N1CCC[C@H]1C(=O)N1CCC[C@H]1C(=O)N[C@@H](CCCNC(=N)N)C(=O)N[C@@H](CC(C)C)C(=O)N[C@@H](CCC(=O)O)C(=O)N[C@@H](CCCNC(=N)N)C(=O)N1CCC[C@H]1C(=O)N[C@@H](CCCNC(=N)N)C(=O)N1CCC[C@H]1C(=O)N[C@@H](CCCNC(=N)N)C(=O)O. The van der Waals surface area contributed by atoms with E-state index in [-0.39, 0.29) is 275 Å². The van der Waals surface area contributed by atoms with Crippen LogP contribution in [0.25, 0.3) is 0 Å². The first-order valence-corrected chi connectivity index (χ1v) is 51.0. The van der Waals surface area contributed by atoms with Crippen molar-refractivity contribution < 1.29 is 91.7 Å². The van der Waals surface area contributed by atoms with Crippen molar-refractivity contribution in [3.63, 3.8) is 0 Å². The van der Waals surface area contributed by atoms with Crippen LogP contribution in [0, 0.1) is 55.1 Å². The van der Waals surface area contributed by atoms with Gasteiger partial charge in [0.05, 0.1) is 6.04 Å². The van der Waals surface area contributed by atoms with Crippen LogP contribution < -0.4 is 147 Å². The molecule has 5 aliphatic rings. The molecule has 836 valence electrons. The average molecular weight is 2110 g/mol. The summed E-state index contributed by atoms with van der Waals surface area (Å²) in [4.78, 5) is 253. The van der Waals surface area contributed by atoms with Crippen molar-refractivity contribution in [1.29, 1.82) is 43.3 Å². The summed E-state index contributed by atoms with van der Waals surface area (Å²) in [6, 6.07) is -21.9. The number of rotatable bonds is 65. The fourth-order valence-electron chi connectivity index (χ4n) is 18.3. The van der Waals surface area contributed by atoms with Gasteiger partial charge in [-0.05, 0) is 192 Å². The van der Waals surface area contributed by atoms with Crippen LogP contribution in [0.15, 0.2) is 0 Å². The Morgan fingerprint density at radius 1 is 0.295 bits per heavy atom. The van der Waals surface area contributed by atoms with Gasteiger partial charge in [0.1, 0.15) is 90.6 Å².